The first-order valence-corrected chi connectivity index (χ1v) is 17.5. The summed E-state index contributed by atoms with van der Waals surface area (Å²) < 4.78 is 65.3. The number of piperidine rings is 1. The van der Waals surface area contributed by atoms with E-state index in [1.54, 1.807) is 31.2 Å². The lowest BCUT2D eigenvalue weighted by Crippen LogP contribution is -2.47. The van der Waals surface area contributed by atoms with Crippen LogP contribution in [0, 0.1) is 6.92 Å². The second kappa shape index (κ2) is 11.8. The lowest BCUT2D eigenvalue weighted by atomic mass is 9.88. The topological polar surface area (TPSA) is 142 Å². The molecule has 2 saturated heterocycles. The zero-order chi connectivity index (χ0) is 29.5. The second-order valence-electron chi connectivity index (χ2n) is 11.4. The number of aliphatic hydroxyl groups is 2. The van der Waals surface area contributed by atoms with Gasteiger partial charge in [-0.05, 0) is 74.9 Å². The second-order valence-corrected chi connectivity index (χ2v) is 16.5. The van der Waals surface area contributed by atoms with Gasteiger partial charge in [0.2, 0.25) is 10.0 Å². The summed E-state index contributed by atoms with van der Waals surface area (Å²) in [5, 5.41) is 23.4. The highest BCUT2D eigenvalue weighted by Crippen LogP contribution is 2.46. The minimum Gasteiger partial charge on any atom is -0.491 e. The zero-order valence-corrected chi connectivity index (χ0v) is 26.2. The van der Waals surface area contributed by atoms with Crippen LogP contribution in [0.5, 0.6) is 5.75 Å². The van der Waals surface area contributed by atoms with Gasteiger partial charge in [0.25, 0.3) is 0 Å². The van der Waals surface area contributed by atoms with Crippen molar-refractivity contribution in [3.05, 3.63) is 52.5 Å². The Bertz CT molecular complexity index is 1470. The zero-order valence-electron chi connectivity index (χ0n) is 23.0. The number of nitrogens with one attached hydrogen (secondary N) is 1. The molecule has 0 bridgehead atoms. The van der Waals surface area contributed by atoms with Crippen LogP contribution in [0.4, 0.5) is 0 Å². The maximum Gasteiger partial charge on any atom is 0.243 e. The molecule has 2 atom stereocenters. The molecule has 2 aromatic carbocycles. The van der Waals surface area contributed by atoms with Crippen LogP contribution in [0.15, 0.2) is 56.7 Å². The summed E-state index contributed by atoms with van der Waals surface area (Å²) in [4.78, 5) is 0.421. The summed E-state index contributed by atoms with van der Waals surface area (Å²) in [6.45, 7) is 2.86. The lowest BCUT2D eigenvalue weighted by Gasteiger charge is -2.38. The van der Waals surface area contributed by atoms with Crippen molar-refractivity contribution in [2.24, 2.45) is 0 Å². The molecule has 1 aliphatic carbocycles. The number of sulfonamides is 1. The number of sulfone groups is 1. The van der Waals surface area contributed by atoms with Crippen LogP contribution in [-0.2, 0) is 24.6 Å². The maximum absolute atomic E-state index is 13.3. The van der Waals surface area contributed by atoms with Crippen molar-refractivity contribution >= 4 is 35.8 Å². The molecule has 1 saturated carbocycles. The highest BCUT2D eigenvalue weighted by molar-refractivity contribution is 9.10. The van der Waals surface area contributed by atoms with E-state index < -0.39 is 42.9 Å². The Balaban J connectivity index is 1.08. The van der Waals surface area contributed by atoms with E-state index in [-0.39, 0.29) is 24.1 Å². The third-order valence-corrected chi connectivity index (χ3v) is 14.0. The molecule has 41 heavy (non-hydrogen) atoms. The molecule has 226 valence electrons. The normalized spacial score (nSPS) is 23.0. The molecule has 10 nitrogen and oxygen atoms in total. The summed E-state index contributed by atoms with van der Waals surface area (Å²) >= 11 is 3.42. The number of halogens is 1. The van der Waals surface area contributed by atoms with E-state index in [2.05, 4.69) is 21.2 Å². The molecule has 3 N–H and O–H groups in total. The molecule has 3 fully saturated rings. The minimum absolute atomic E-state index is 0.0156. The number of hydrogen-bond donors (Lipinski definition) is 3. The van der Waals surface area contributed by atoms with Crippen LogP contribution in [0.3, 0.4) is 0 Å². The molecule has 2 aliphatic heterocycles. The average Bonchev–Trinajstić information content (AvgIpc) is 3.69. The van der Waals surface area contributed by atoms with E-state index >= 15 is 0 Å². The Hall–Kier alpha value is -1.58. The predicted molar refractivity (Wildman–Crippen MR) is 156 cm³/mol. The van der Waals surface area contributed by atoms with Gasteiger partial charge in [-0.25, -0.2) is 16.8 Å². The van der Waals surface area contributed by atoms with Crippen molar-refractivity contribution in [1.29, 1.82) is 0 Å². The molecule has 2 heterocycles. The van der Waals surface area contributed by atoms with Crippen LogP contribution < -0.4 is 10.1 Å². The first-order valence-electron chi connectivity index (χ1n) is 13.8. The highest BCUT2D eigenvalue weighted by Gasteiger charge is 2.54. The standard InChI is InChI=1S/C28H37BrN2O8S2/c1-20-25(29)6-3-7-26(20)41(36,37)31-12-10-27(11-13-31)15-21(17-39-27)30-16-22(33)18-38-23-4-2-5-24(14-23)40(34,35)28(19-32)8-9-28/h2-7,14,21-22,30,32-33H,8-13,15-19H2,1H3/t21-,22-/m0/s1. The van der Waals surface area contributed by atoms with Crippen LogP contribution in [-0.4, -0.2) is 93.3 Å². The van der Waals surface area contributed by atoms with Crippen molar-refractivity contribution < 1.29 is 36.5 Å². The lowest BCUT2D eigenvalue weighted by molar-refractivity contribution is -0.0312. The van der Waals surface area contributed by atoms with Gasteiger partial charge in [-0.3, -0.25) is 0 Å². The van der Waals surface area contributed by atoms with Crippen LogP contribution in [0.25, 0.3) is 0 Å². The average molecular weight is 674 g/mol. The van der Waals surface area contributed by atoms with Crippen LogP contribution in [0.2, 0.25) is 0 Å². The molecular formula is C28H37BrN2O8S2. The summed E-state index contributed by atoms with van der Waals surface area (Å²) in [5.41, 5.74) is 0.305. The molecule has 1 spiro atoms. The fourth-order valence-electron chi connectivity index (χ4n) is 5.65. The van der Waals surface area contributed by atoms with E-state index in [1.807, 2.05) is 6.07 Å². The van der Waals surface area contributed by atoms with Gasteiger partial charge >= 0.3 is 0 Å². The number of rotatable bonds is 11. The molecule has 5 rings (SSSR count). The van der Waals surface area contributed by atoms with E-state index in [0.29, 0.717) is 61.6 Å². The summed E-state index contributed by atoms with van der Waals surface area (Å²) in [6.07, 6.45) is 1.96. The SMILES string of the molecule is Cc1c(Br)cccc1S(=O)(=O)N1CCC2(CC1)C[C@H](NC[C@H](O)COc1cccc(S(=O)(=O)C3(CO)CC3)c1)CO2. The van der Waals surface area contributed by atoms with Gasteiger partial charge in [-0.1, -0.05) is 28.1 Å². The number of aliphatic hydroxyl groups excluding tert-OH is 2. The molecule has 2 aromatic rings. The maximum atomic E-state index is 13.3. The van der Waals surface area contributed by atoms with E-state index in [1.165, 1.54) is 16.4 Å². The summed E-state index contributed by atoms with van der Waals surface area (Å²) in [7, 11) is -7.26. The van der Waals surface area contributed by atoms with Gasteiger partial charge in [0.1, 0.15) is 18.5 Å². The quantitative estimate of drug-likeness (QED) is 0.328. The van der Waals surface area contributed by atoms with Gasteiger partial charge < -0.3 is 25.0 Å². The van der Waals surface area contributed by atoms with Crippen molar-refractivity contribution in [2.75, 3.05) is 39.5 Å². The predicted octanol–water partition coefficient (Wildman–Crippen LogP) is 2.40. The van der Waals surface area contributed by atoms with E-state index in [4.69, 9.17) is 9.47 Å². The van der Waals surface area contributed by atoms with E-state index in [9.17, 15) is 27.0 Å². The Morgan fingerprint density at radius 1 is 1.12 bits per heavy atom. The molecule has 0 aromatic heterocycles. The fourth-order valence-corrected chi connectivity index (χ4v) is 9.68. The molecular weight excluding hydrogens is 636 g/mol. The Labute approximate surface area is 250 Å². The third kappa shape index (κ3) is 6.23. The highest BCUT2D eigenvalue weighted by atomic mass is 79.9. The smallest absolute Gasteiger partial charge is 0.243 e. The largest absolute Gasteiger partial charge is 0.491 e. The minimum atomic E-state index is -3.66. The Kier molecular flexibility index (Phi) is 8.91. The van der Waals surface area contributed by atoms with Crippen molar-refractivity contribution in [2.45, 2.75) is 71.3 Å². The Morgan fingerprint density at radius 3 is 2.51 bits per heavy atom. The molecule has 0 amide bonds. The van der Waals surface area contributed by atoms with E-state index in [0.717, 1.165) is 10.9 Å². The van der Waals surface area contributed by atoms with Gasteiger partial charge in [-0.15, -0.1) is 0 Å². The molecule has 0 radical (unpaired) electrons. The van der Waals surface area contributed by atoms with Gasteiger partial charge in [0.05, 0.1) is 33.4 Å². The number of ether oxygens (including phenoxy) is 2. The van der Waals surface area contributed by atoms with Gasteiger partial charge in [-0.2, -0.15) is 4.31 Å². The Morgan fingerprint density at radius 2 is 1.83 bits per heavy atom. The molecule has 13 heteroatoms. The third-order valence-electron chi connectivity index (χ3n) is 8.54. The van der Waals surface area contributed by atoms with Crippen LogP contribution >= 0.6 is 15.9 Å². The van der Waals surface area contributed by atoms with Crippen molar-refractivity contribution in [3.8, 4) is 5.75 Å². The monoisotopic (exact) mass is 672 g/mol. The fraction of sp³-hybridized carbons (Fsp3) is 0.571. The van der Waals surface area contributed by atoms with Crippen LogP contribution in [0.1, 0.15) is 37.7 Å². The van der Waals surface area contributed by atoms with Crippen molar-refractivity contribution in [3.63, 3.8) is 0 Å². The molecule has 3 aliphatic rings. The van der Waals surface area contributed by atoms with Gasteiger partial charge in [0, 0.05) is 30.1 Å². The van der Waals surface area contributed by atoms with Crippen molar-refractivity contribution in [1.82, 2.24) is 9.62 Å². The number of hydrogen-bond acceptors (Lipinski definition) is 9. The van der Waals surface area contributed by atoms with Gasteiger partial charge in [0.15, 0.2) is 9.84 Å². The first kappa shape index (κ1) is 30.9. The molecule has 0 unspecified atom stereocenters. The summed E-state index contributed by atoms with van der Waals surface area (Å²) in [6, 6.07) is 11.4. The summed E-state index contributed by atoms with van der Waals surface area (Å²) in [5.74, 6) is 0.335. The first-order chi connectivity index (χ1) is 19.4. The number of nitrogens with zero attached hydrogens (tertiary/aromatic N) is 1. The number of benzene rings is 2.